The van der Waals surface area contributed by atoms with Gasteiger partial charge < -0.3 is 9.30 Å². The Bertz CT molecular complexity index is 724. The number of nitriles is 1. The molecule has 0 aliphatic carbocycles. The lowest BCUT2D eigenvalue weighted by Crippen LogP contribution is -2.24. The van der Waals surface area contributed by atoms with Gasteiger partial charge >= 0.3 is 0 Å². The van der Waals surface area contributed by atoms with Crippen molar-refractivity contribution in [1.82, 2.24) is 4.57 Å². The number of hydrogen-bond acceptors (Lipinski definition) is 3. The first-order valence-electron chi connectivity index (χ1n) is 7.42. The van der Waals surface area contributed by atoms with Crippen LogP contribution in [0.1, 0.15) is 29.7 Å². The Labute approximate surface area is 130 Å². The van der Waals surface area contributed by atoms with Crippen molar-refractivity contribution in [3.05, 3.63) is 63.6 Å². The third-order valence-electron chi connectivity index (χ3n) is 3.58. The molecule has 2 rings (SSSR count). The highest BCUT2D eigenvalue weighted by Gasteiger charge is 2.05. The summed E-state index contributed by atoms with van der Waals surface area (Å²) in [5, 5.41) is 8.91. The Hall–Kier alpha value is -2.54. The number of benzene rings is 1. The van der Waals surface area contributed by atoms with E-state index < -0.39 is 0 Å². The van der Waals surface area contributed by atoms with Crippen molar-refractivity contribution in [1.29, 1.82) is 5.26 Å². The van der Waals surface area contributed by atoms with Crippen LogP contribution in [0.15, 0.2) is 41.2 Å². The summed E-state index contributed by atoms with van der Waals surface area (Å²) in [5.74, 6) is 0.866. The molecule has 0 N–H and O–H groups in total. The molecule has 4 nitrogen and oxygen atoms in total. The highest BCUT2D eigenvalue weighted by molar-refractivity contribution is 5.27. The average molecular weight is 296 g/mol. The first-order chi connectivity index (χ1) is 10.6. The largest absolute Gasteiger partial charge is 0.494 e. The van der Waals surface area contributed by atoms with E-state index in [1.165, 1.54) is 5.56 Å². The first kappa shape index (κ1) is 15.8. The molecule has 22 heavy (non-hydrogen) atoms. The summed E-state index contributed by atoms with van der Waals surface area (Å²) in [4.78, 5) is 12.0. The van der Waals surface area contributed by atoms with Gasteiger partial charge in [0.15, 0.2) is 0 Å². The van der Waals surface area contributed by atoms with Crippen molar-refractivity contribution in [2.24, 2.45) is 0 Å². The van der Waals surface area contributed by atoms with Gasteiger partial charge in [-0.2, -0.15) is 5.26 Å². The molecule has 1 aromatic heterocycles. The molecule has 0 aliphatic heterocycles. The van der Waals surface area contributed by atoms with Gasteiger partial charge in [-0.15, -0.1) is 0 Å². The third-order valence-corrected chi connectivity index (χ3v) is 3.58. The first-order valence-corrected chi connectivity index (χ1v) is 7.42. The molecule has 0 saturated heterocycles. The molecule has 0 aliphatic rings. The monoisotopic (exact) mass is 296 g/mol. The fourth-order valence-corrected chi connectivity index (χ4v) is 2.23. The smallest absolute Gasteiger partial charge is 0.268 e. The molecule has 0 atom stereocenters. The zero-order valence-electron chi connectivity index (χ0n) is 13.0. The van der Waals surface area contributed by atoms with Crippen LogP contribution in [0.4, 0.5) is 0 Å². The summed E-state index contributed by atoms with van der Waals surface area (Å²) in [6, 6.07) is 13.3. The molecular formula is C18H20N2O2. The van der Waals surface area contributed by atoms with Crippen LogP contribution in [-0.2, 0) is 6.54 Å². The van der Waals surface area contributed by atoms with Crippen molar-refractivity contribution < 1.29 is 4.74 Å². The molecule has 0 unspecified atom stereocenters. The second kappa shape index (κ2) is 7.46. The minimum Gasteiger partial charge on any atom is -0.494 e. The summed E-state index contributed by atoms with van der Waals surface area (Å²) >= 11 is 0. The van der Waals surface area contributed by atoms with Crippen LogP contribution >= 0.6 is 0 Å². The lowest BCUT2D eigenvalue weighted by molar-refractivity contribution is 0.302. The Kier molecular flexibility index (Phi) is 5.37. The van der Waals surface area contributed by atoms with E-state index in [4.69, 9.17) is 10.00 Å². The van der Waals surface area contributed by atoms with Gasteiger partial charge in [-0.1, -0.05) is 17.7 Å². The number of aromatic nitrogens is 1. The Balaban J connectivity index is 1.83. The SMILES string of the molecule is Cc1ccc(OCCCCn2c(C)ccc(C#N)c2=O)cc1. The van der Waals surface area contributed by atoms with Crippen molar-refractivity contribution in [3.8, 4) is 11.8 Å². The second-order valence-electron chi connectivity index (χ2n) is 5.33. The van der Waals surface area contributed by atoms with Crippen molar-refractivity contribution in [3.63, 3.8) is 0 Å². The number of unbranched alkanes of at least 4 members (excludes halogenated alkanes) is 1. The van der Waals surface area contributed by atoms with Crippen molar-refractivity contribution in [2.75, 3.05) is 6.61 Å². The molecule has 0 fully saturated rings. The lowest BCUT2D eigenvalue weighted by atomic mass is 10.2. The van der Waals surface area contributed by atoms with Gasteiger partial charge in [-0.05, 0) is 51.0 Å². The Morgan fingerprint density at radius 3 is 2.50 bits per heavy atom. The van der Waals surface area contributed by atoms with E-state index in [-0.39, 0.29) is 11.1 Å². The normalized spacial score (nSPS) is 10.2. The van der Waals surface area contributed by atoms with Gasteiger partial charge in [-0.25, -0.2) is 0 Å². The summed E-state index contributed by atoms with van der Waals surface area (Å²) in [6.07, 6.45) is 1.69. The van der Waals surface area contributed by atoms with E-state index in [0.29, 0.717) is 13.2 Å². The maximum atomic E-state index is 12.0. The van der Waals surface area contributed by atoms with E-state index >= 15 is 0 Å². The van der Waals surface area contributed by atoms with Crippen LogP contribution in [0.5, 0.6) is 5.75 Å². The summed E-state index contributed by atoms with van der Waals surface area (Å²) in [7, 11) is 0. The van der Waals surface area contributed by atoms with Gasteiger partial charge in [0, 0.05) is 12.2 Å². The number of ether oxygens (including phenoxy) is 1. The highest BCUT2D eigenvalue weighted by Crippen LogP contribution is 2.12. The van der Waals surface area contributed by atoms with Crippen LogP contribution in [-0.4, -0.2) is 11.2 Å². The average Bonchev–Trinajstić information content (AvgIpc) is 2.52. The molecular weight excluding hydrogens is 276 g/mol. The van der Waals surface area contributed by atoms with Gasteiger partial charge in [-0.3, -0.25) is 4.79 Å². The van der Waals surface area contributed by atoms with Crippen LogP contribution in [0.3, 0.4) is 0 Å². The van der Waals surface area contributed by atoms with Crippen LogP contribution in [0.2, 0.25) is 0 Å². The van der Waals surface area contributed by atoms with E-state index in [1.54, 1.807) is 10.6 Å². The summed E-state index contributed by atoms with van der Waals surface area (Å²) < 4.78 is 7.32. The standard InChI is InChI=1S/C18H20N2O2/c1-14-5-9-17(10-6-14)22-12-4-3-11-20-15(2)7-8-16(13-19)18(20)21/h5-10H,3-4,11-12H2,1-2H3. The fraction of sp³-hybridized carbons (Fsp3) is 0.333. The quantitative estimate of drug-likeness (QED) is 0.769. The van der Waals surface area contributed by atoms with Gasteiger partial charge in [0.25, 0.3) is 5.56 Å². The molecule has 0 spiro atoms. The van der Waals surface area contributed by atoms with E-state index in [9.17, 15) is 4.79 Å². The molecule has 0 saturated carbocycles. The van der Waals surface area contributed by atoms with Crippen LogP contribution < -0.4 is 10.3 Å². The van der Waals surface area contributed by atoms with E-state index in [0.717, 1.165) is 24.3 Å². The predicted molar refractivity (Wildman–Crippen MR) is 86.1 cm³/mol. The minimum absolute atomic E-state index is 0.196. The van der Waals surface area contributed by atoms with Crippen molar-refractivity contribution in [2.45, 2.75) is 33.2 Å². The predicted octanol–water partition coefficient (Wildman–Crippen LogP) is 3.20. The van der Waals surface area contributed by atoms with Crippen LogP contribution in [0, 0.1) is 25.2 Å². The maximum absolute atomic E-state index is 12.0. The van der Waals surface area contributed by atoms with E-state index in [1.807, 2.05) is 50.2 Å². The topological polar surface area (TPSA) is 55.0 Å². The Morgan fingerprint density at radius 2 is 1.82 bits per heavy atom. The number of nitrogens with zero attached hydrogens (tertiary/aromatic N) is 2. The second-order valence-corrected chi connectivity index (χ2v) is 5.33. The number of rotatable bonds is 6. The number of hydrogen-bond donors (Lipinski definition) is 0. The number of pyridine rings is 1. The van der Waals surface area contributed by atoms with Gasteiger partial charge in [0.05, 0.1) is 6.61 Å². The molecule has 0 amide bonds. The zero-order chi connectivity index (χ0) is 15.9. The molecule has 0 radical (unpaired) electrons. The molecule has 1 heterocycles. The highest BCUT2D eigenvalue weighted by atomic mass is 16.5. The summed E-state index contributed by atoms with van der Waals surface area (Å²) in [6.45, 7) is 5.15. The number of aryl methyl sites for hydroxylation is 2. The van der Waals surface area contributed by atoms with Gasteiger partial charge in [0.2, 0.25) is 0 Å². The molecule has 1 aromatic carbocycles. The van der Waals surface area contributed by atoms with Crippen molar-refractivity contribution >= 4 is 0 Å². The van der Waals surface area contributed by atoms with E-state index in [2.05, 4.69) is 0 Å². The molecule has 2 aromatic rings. The molecule has 114 valence electrons. The lowest BCUT2D eigenvalue weighted by Gasteiger charge is -2.10. The third kappa shape index (κ3) is 3.98. The molecule has 4 heteroatoms. The van der Waals surface area contributed by atoms with Gasteiger partial charge in [0.1, 0.15) is 17.4 Å². The zero-order valence-corrected chi connectivity index (χ0v) is 13.0. The molecule has 0 bridgehead atoms. The van der Waals surface area contributed by atoms with Crippen LogP contribution in [0.25, 0.3) is 0 Å². The summed E-state index contributed by atoms with van der Waals surface area (Å²) in [5.41, 5.74) is 2.08. The fourth-order valence-electron chi connectivity index (χ4n) is 2.23. The maximum Gasteiger partial charge on any atom is 0.268 e. The minimum atomic E-state index is -0.207. The Morgan fingerprint density at radius 1 is 1.09 bits per heavy atom.